The molecule has 0 spiro atoms. The predicted molar refractivity (Wildman–Crippen MR) is 72.0 cm³/mol. The number of rotatable bonds is 5. The van der Waals surface area contributed by atoms with E-state index >= 15 is 0 Å². The first-order valence-electron chi connectivity index (χ1n) is 6.23. The molecule has 1 aromatic carbocycles. The van der Waals surface area contributed by atoms with E-state index < -0.39 is 6.10 Å². The van der Waals surface area contributed by atoms with Gasteiger partial charge < -0.3 is 10.1 Å². The third kappa shape index (κ3) is 4.38. The van der Waals surface area contributed by atoms with Gasteiger partial charge in [-0.2, -0.15) is 0 Å². The second-order valence-corrected chi connectivity index (χ2v) is 4.85. The van der Waals surface area contributed by atoms with Crippen LogP contribution < -0.4 is 15.5 Å². The van der Waals surface area contributed by atoms with E-state index in [1.807, 2.05) is 0 Å². The quantitative estimate of drug-likeness (QED) is 0.805. The smallest absolute Gasteiger partial charge is 0.284 e. The minimum atomic E-state index is -0.629. The Morgan fingerprint density at radius 3 is 2.84 bits per heavy atom. The van der Waals surface area contributed by atoms with Gasteiger partial charge in [0.1, 0.15) is 5.75 Å². The van der Waals surface area contributed by atoms with Gasteiger partial charge in [-0.1, -0.05) is 11.6 Å². The summed E-state index contributed by atoms with van der Waals surface area (Å²) in [6, 6.07) is 6.85. The summed E-state index contributed by atoms with van der Waals surface area (Å²) in [5, 5.41) is 3.78. The minimum absolute atomic E-state index is 0.0340. The molecule has 19 heavy (non-hydrogen) atoms. The van der Waals surface area contributed by atoms with Crippen LogP contribution >= 0.6 is 11.6 Å². The van der Waals surface area contributed by atoms with Gasteiger partial charge in [0.15, 0.2) is 6.10 Å². The fourth-order valence-corrected chi connectivity index (χ4v) is 1.85. The summed E-state index contributed by atoms with van der Waals surface area (Å²) in [5.41, 5.74) is 2.43. The van der Waals surface area contributed by atoms with Crippen molar-refractivity contribution in [1.82, 2.24) is 10.8 Å². The molecule has 6 heteroatoms. The van der Waals surface area contributed by atoms with Crippen LogP contribution in [0.15, 0.2) is 24.3 Å². The molecule has 104 valence electrons. The molecule has 0 aliphatic carbocycles. The van der Waals surface area contributed by atoms with Crippen molar-refractivity contribution in [3.63, 3.8) is 0 Å². The Kier molecular flexibility index (Phi) is 5.01. The molecule has 0 radical (unpaired) electrons. The second-order valence-electron chi connectivity index (χ2n) is 4.41. The molecule has 1 saturated heterocycles. The van der Waals surface area contributed by atoms with Gasteiger partial charge in [0.25, 0.3) is 5.91 Å². The Morgan fingerprint density at radius 1 is 1.47 bits per heavy atom. The van der Waals surface area contributed by atoms with Crippen LogP contribution in [-0.4, -0.2) is 31.2 Å². The fourth-order valence-electron chi connectivity index (χ4n) is 1.72. The van der Waals surface area contributed by atoms with E-state index in [9.17, 15) is 4.79 Å². The maximum absolute atomic E-state index is 11.8. The first-order chi connectivity index (χ1) is 9.15. The lowest BCUT2D eigenvalue weighted by Crippen LogP contribution is -2.39. The molecule has 1 aliphatic rings. The number of halogens is 1. The molecule has 0 bridgehead atoms. The number of hydroxylamine groups is 1. The maximum Gasteiger partial charge on any atom is 0.284 e. The van der Waals surface area contributed by atoms with Crippen LogP contribution in [0.5, 0.6) is 5.75 Å². The van der Waals surface area contributed by atoms with Gasteiger partial charge in [-0.15, -0.1) is 0 Å². The molecule has 1 amide bonds. The SMILES string of the molecule is CC(Oc1ccc(Cl)cc1)C(=O)NOC1CCNC1. The van der Waals surface area contributed by atoms with Gasteiger partial charge in [0.2, 0.25) is 0 Å². The van der Waals surface area contributed by atoms with Crippen molar-refractivity contribution in [2.75, 3.05) is 13.1 Å². The highest BCUT2D eigenvalue weighted by atomic mass is 35.5. The summed E-state index contributed by atoms with van der Waals surface area (Å²) in [7, 11) is 0. The van der Waals surface area contributed by atoms with Gasteiger partial charge in [-0.3, -0.25) is 9.63 Å². The molecule has 0 aromatic heterocycles. The van der Waals surface area contributed by atoms with Crippen LogP contribution in [0.1, 0.15) is 13.3 Å². The highest BCUT2D eigenvalue weighted by Gasteiger charge is 2.19. The molecule has 5 nitrogen and oxygen atoms in total. The summed E-state index contributed by atoms with van der Waals surface area (Å²) in [6.07, 6.45) is 0.300. The number of ether oxygens (including phenoxy) is 1. The van der Waals surface area contributed by atoms with E-state index in [-0.39, 0.29) is 12.0 Å². The number of carbonyl (C=O) groups is 1. The van der Waals surface area contributed by atoms with Crippen molar-refractivity contribution in [3.8, 4) is 5.75 Å². The Bertz CT molecular complexity index is 418. The number of hydrogen-bond donors (Lipinski definition) is 2. The van der Waals surface area contributed by atoms with E-state index in [0.29, 0.717) is 10.8 Å². The van der Waals surface area contributed by atoms with Crippen LogP contribution in [0.4, 0.5) is 0 Å². The zero-order chi connectivity index (χ0) is 13.7. The summed E-state index contributed by atoms with van der Waals surface area (Å²) >= 11 is 5.77. The van der Waals surface area contributed by atoms with Gasteiger partial charge >= 0.3 is 0 Å². The fraction of sp³-hybridized carbons (Fsp3) is 0.462. The van der Waals surface area contributed by atoms with Crippen molar-refractivity contribution in [1.29, 1.82) is 0 Å². The molecule has 1 aromatic rings. The highest BCUT2D eigenvalue weighted by Crippen LogP contribution is 2.16. The Labute approximate surface area is 117 Å². The summed E-state index contributed by atoms with van der Waals surface area (Å²) in [5.74, 6) is 0.288. The maximum atomic E-state index is 11.8. The molecule has 2 unspecified atom stereocenters. The number of carbonyl (C=O) groups excluding carboxylic acids is 1. The summed E-state index contributed by atoms with van der Waals surface area (Å²) < 4.78 is 5.48. The average molecular weight is 285 g/mol. The molecular formula is C13H17ClN2O3. The van der Waals surface area contributed by atoms with E-state index in [1.165, 1.54) is 0 Å². The molecule has 0 saturated carbocycles. The van der Waals surface area contributed by atoms with Crippen LogP contribution in [0.2, 0.25) is 5.02 Å². The van der Waals surface area contributed by atoms with Crippen LogP contribution in [-0.2, 0) is 9.63 Å². The molecule has 1 fully saturated rings. The van der Waals surface area contributed by atoms with E-state index in [2.05, 4.69) is 10.8 Å². The molecule has 2 rings (SSSR count). The summed E-state index contributed by atoms with van der Waals surface area (Å²) in [6.45, 7) is 3.34. The number of hydrogen-bond acceptors (Lipinski definition) is 4. The first-order valence-corrected chi connectivity index (χ1v) is 6.61. The third-order valence-corrected chi connectivity index (χ3v) is 3.09. The Hall–Kier alpha value is -1.30. The molecule has 2 N–H and O–H groups in total. The van der Waals surface area contributed by atoms with Crippen molar-refractivity contribution < 1.29 is 14.4 Å². The Morgan fingerprint density at radius 2 is 2.21 bits per heavy atom. The zero-order valence-electron chi connectivity index (χ0n) is 10.7. The summed E-state index contributed by atoms with van der Waals surface area (Å²) in [4.78, 5) is 17.0. The lowest BCUT2D eigenvalue weighted by Gasteiger charge is -2.16. The van der Waals surface area contributed by atoms with E-state index in [4.69, 9.17) is 21.2 Å². The monoisotopic (exact) mass is 284 g/mol. The van der Waals surface area contributed by atoms with Crippen molar-refractivity contribution in [3.05, 3.63) is 29.3 Å². The molecule has 1 aliphatic heterocycles. The first kappa shape index (κ1) is 14.1. The normalized spacial score (nSPS) is 20.0. The lowest BCUT2D eigenvalue weighted by atomic mass is 10.3. The number of nitrogens with one attached hydrogen (secondary N) is 2. The van der Waals surface area contributed by atoms with E-state index in [1.54, 1.807) is 31.2 Å². The zero-order valence-corrected chi connectivity index (χ0v) is 11.4. The van der Waals surface area contributed by atoms with Crippen LogP contribution in [0, 0.1) is 0 Å². The predicted octanol–water partition coefficient (Wildman–Crippen LogP) is 1.52. The van der Waals surface area contributed by atoms with E-state index in [0.717, 1.165) is 19.5 Å². The van der Waals surface area contributed by atoms with Gasteiger partial charge in [0.05, 0.1) is 6.10 Å². The van der Waals surface area contributed by atoms with Crippen LogP contribution in [0.25, 0.3) is 0 Å². The number of benzene rings is 1. The topological polar surface area (TPSA) is 59.6 Å². The number of amides is 1. The average Bonchev–Trinajstić information content (AvgIpc) is 2.91. The van der Waals surface area contributed by atoms with Crippen molar-refractivity contribution >= 4 is 17.5 Å². The molecule has 2 atom stereocenters. The van der Waals surface area contributed by atoms with Gasteiger partial charge in [0, 0.05) is 11.6 Å². The Balaban J connectivity index is 1.76. The van der Waals surface area contributed by atoms with Gasteiger partial charge in [-0.05, 0) is 44.2 Å². The molecular weight excluding hydrogens is 268 g/mol. The van der Waals surface area contributed by atoms with Crippen LogP contribution in [0.3, 0.4) is 0 Å². The highest BCUT2D eigenvalue weighted by molar-refractivity contribution is 6.30. The third-order valence-electron chi connectivity index (χ3n) is 2.84. The molecule has 1 heterocycles. The standard InChI is InChI=1S/C13H17ClN2O3/c1-9(18-11-4-2-10(14)3-5-11)13(17)16-19-12-6-7-15-8-12/h2-5,9,12,15H,6-8H2,1H3,(H,16,17). The largest absolute Gasteiger partial charge is 0.481 e. The minimum Gasteiger partial charge on any atom is -0.481 e. The van der Waals surface area contributed by atoms with Crippen molar-refractivity contribution in [2.24, 2.45) is 0 Å². The lowest BCUT2D eigenvalue weighted by molar-refractivity contribution is -0.144. The van der Waals surface area contributed by atoms with Gasteiger partial charge in [-0.25, -0.2) is 5.48 Å². The van der Waals surface area contributed by atoms with Crippen molar-refractivity contribution in [2.45, 2.75) is 25.6 Å². The second kappa shape index (κ2) is 6.75.